The lowest BCUT2D eigenvalue weighted by Gasteiger charge is -2.14. The zero-order chi connectivity index (χ0) is 19.2. The van der Waals surface area contributed by atoms with Gasteiger partial charge in [-0.2, -0.15) is 0 Å². The van der Waals surface area contributed by atoms with Crippen LogP contribution >= 0.6 is 0 Å². The molecule has 0 atom stereocenters. The lowest BCUT2D eigenvalue weighted by atomic mass is 10.0. The molecule has 2 N–H and O–H groups in total. The van der Waals surface area contributed by atoms with Gasteiger partial charge >= 0.3 is 0 Å². The summed E-state index contributed by atoms with van der Waals surface area (Å²) >= 11 is 0. The number of carbonyl (C=O) groups is 1. The Morgan fingerprint density at radius 3 is 2.37 bits per heavy atom. The lowest BCUT2D eigenvalue weighted by Crippen LogP contribution is -2.12. The third kappa shape index (κ3) is 4.64. The molecule has 0 fully saturated rings. The highest BCUT2D eigenvalue weighted by Gasteiger charge is 2.08. The summed E-state index contributed by atoms with van der Waals surface area (Å²) in [6.45, 7) is 4.33. The first-order chi connectivity index (χ1) is 13.1. The number of pyridine rings is 1. The molecule has 5 nitrogen and oxygen atoms in total. The first kappa shape index (κ1) is 18.5. The van der Waals surface area contributed by atoms with Gasteiger partial charge in [0.1, 0.15) is 11.6 Å². The highest BCUT2D eigenvalue weighted by Crippen LogP contribution is 2.26. The predicted molar refractivity (Wildman–Crippen MR) is 109 cm³/mol. The van der Waals surface area contributed by atoms with Crippen molar-refractivity contribution in [3.05, 3.63) is 78.0 Å². The van der Waals surface area contributed by atoms with Crippen LogP contribution in [0.5, 0.6) is 5.75 Å². The fourth-order valence-electron chi connectivity index (χ4n) is 2.74. The summed E-state index contributed by atoms with van der Waals surface area (Å²) in [6, 6.07) is 18.8. The van der Waals surface area contributed by atoms with Crippen LogP contribution in [-0.4, -0.2) is 18.0 Å². The zero-order valence-corrected chi connectivity index (χ0v) is 15.7. The van der Waals surface area contributed by atoms with Gasteiger partial charge in [0, 0.05) is 11.3 Å². The fourth-order valence-corrected chi connectivity index (χ4v) is 2.74. The van der Waals surface area contributed by atoms with Gasteiger partial charge in [-0.1, -0.05) is 32.0 Å². The molecule has 0 aliphatic heterocycles. The molecule has 1 amide bonds. The van der Waals surface area contributed by atoms with Crippen molar-refractivity contribution in [1.29, 1.82) is 0 Å². The molecule has 138 valence electrons. The van der Waals surface area contributed by atoms with E-state index in [2.05, 4.69) is 41.6 Å². The van der Waals surface area contributed by atoms with Crippen LogP contribution in [0.3, 0.4) is 0 Å². The Hall–Kier alpha value is -3.34. The van der Waals surface area contributed by atoms with Crippen LogP contribution in [0.2, 0.25) is 0 Å². The molecule has 3 rings (SSSR count). The summed E-state index contributed by atoms with van der Waals surface area (Å²) in [6.07, 6.45) is 1.71. The van der Waals surface area contributed by atoms with Gasteiger partial charge in [-0.15, -0.1) is 0 Å². The van der Waals surface area contributed by atoms with Crippen molar-refractivity contribution in [1.82, 2.24) is 4.98 Å². The number of methoxy groups -OCH3 is 1. The minimum absolute atomic E-state index is 0.212. The third-order valence-corrected chi connectivity index (χ3v) is 4.22. The maximum atomic E-state index is 12.3. The molecule has 5 heteroatoms. The maximum Gasteiger partial charge on any atom is 0.256 e. The van der Waals surface area contributed by atoms with E-state index < -0.39 is 0 Å². The van der Waals surface area contributed by atoms with E-state index >= 15 is 0 Å². The van der Waals surface area contributed by atoms with Gasteiger partial charge in [-0.25, -0.2) is 4.98 Å². The summed E-state index contributed by atoms with van der Waals surface area (Å²) < 4.78 is 5.10. The number of carbonyl (C=O) groups excluding carboxylic acids is 1. The Morgan fingerprint density at radius 2 is 1.74 bits per heavy atom. The number of rotatable bonds is 6. The summed E-state index contributed by atoms with van der Waals surface area (Å²) in [5, 5.41) is 6.19. The molecular formula is C22H23N3O2. The molecule has 27 heavy (non-hydrogen) atoms. The number of hydrogen-bond donors (Lipinski definition) is 2. The second-order valence-electron chi connectivity index (χ2n) is 6.48. The number of para-hydroxylation sites is 1. The van der Waals surface area contributed by atoms with E-state index in [0.717, 1.165) is 11.4 Å². The monoisotopic (exact) mass is 361 g/mol. The van der Waals surface area contributed by atoms with Crippen LogP contribution in [0, 0.1) is 0 Å². The molecule has 0 aliphatic rings. The fraction of sp³-hybridized carbons (Fsp3) is 0.182. The second-order valence-corrected chi connectivity index (χ2v) is 6.48. The smallest absolute Gasteiger partial charge is 0.256 e. The van der Waals surface area contributed by atoms with Gasteiger partial charge in [-0.3, -0.25) is 4.79 Å². The molecule has 1 aromatic heterocycles. The summed E-state index contributed by atoms with van der Waals surface area (Å²) in [7, 11) is 1.59. The molecule has 0 bridgehead atoms. The Bertz CT molecular complexity index is 904. The van der Waals surface area contributed by atoms with Gasteiger partial charge < -0.3 is 15.4 Å². The van der Waals surface area contributed by atoms with E-state index in [4.69, 9.17) is 4.74 Å². The van der Waals surface area contributed by atoms with Crippen molar-refractivity contribution >= 4 is 23.1 Å². The molecule has 0 saturated heterocycles. The Morgan fingerprint density at radius 1 is 1.00 bits per heavy atom. The average Bonchev–Trinajstić information content (AvgIpc) is 2.70. The van der Waals surface area contributed by atoms with E-state index in [1.807, 2.05) is 18.2 Å². The first-order valence-electron chi connectivity index (χ1n) is 8.84. The SMILES string of the molecule is COc1ccc(C(=O)Nc2ccc(Nc3ccccc3C(C)C)cn2)cc1. The number of nitrogens with zero attached hydrogens (tertiary/aromatic N) is 1. The topological polar surface area (TPSA) is 63.2 Å². The largest absolute Gasteiger partial charge is 0.497 e. The van der Waals surface area contributed by atoms with Crippen molar-refractivity contribution in [3.63, 3.8) is 0 Å². The highest BCUT2D eigenvalue weighted by molar-refractivity contribution is 6.03. The standard InChI is InChI=1S/C22H23N3O2/c1-15(2)19-6-4-5-7-20(19)24-17-10-13-21(23-14-17)25-22(26)16-8-11-18(27-3)12-9-16/h4-15,24H,1-3H3,(H,23,25,26). The summed E-state index contributed by atoms with van der Waals surface area (Å²) in [5.41, 5.74) is 3.72. The normalized spacial score (nSPS) is 10.5. The number of benzene rings is 2. The van der Waals surface area contributed by atoms with Gasteiger partial charge in [-0.05, 0) is 53.9 Å². The zero-order valence-electron chi connectivity index (χ0n) is 15.7. The van der Waals surface area contributed by atoms with Crippen molar-refractivity contribution < 1.29 is 9.53 Å². The van der Waals surface area contributed by atoms with Crippen molar-refractivity contribution in [3.8, 4) is 5.75 Å². The van der Waals surface area contributed by atoms with Crippen LogP contribution in [0.1, 0.15) is 35.7 Å². The Labute approximate surface area is 159 Å². The van der Waals surface area contributed by atoms with Crippen LogP contribution in [-0.2, 0) is 0 Å². The number of nitrogens with one attached hydrogen (secondary N) is 2. The molecule has 0 unspecified atom stereocenters. The summed E-state index contributed by atoms with van der Waals surface area (Å²) in [5.74, 6) is 1.42. The molecular weight excluding hydrogens is 338 g/mol. The number of anilines is 3. The number of aromatic nitrogens is 1. The predicted octanol–water partition coefficient (Wildman–Crippen LogP) is 5.21. The molecule has 1 heterocycles. The second kappa shape index (κ2) is 8.36. The van der Waals surface area contributed by atoms with Crippen LogP contribution in [0.4, 0.5) is 17.2 Å². The van der Waals surface area contributed by atoms with Crippen molar-refractivity contribution in [2.75, 3.05) is 17.7 Å². The maximum absolute atomic E-state index is 12.3. The average molecular weight is 361 g/mol. The van der Waals surface area contributed by atoms with Crippen molar-refractivity contribution in [2.45, 2.75) is 19.8 Å². The molecule has 3 aromatic rings. The lowest BCUT2D eigenvalue weighted by molar-refractivity contribution is 0.102. The summed E-state index contributed by atoms with van der Waals surface area (Å²) in [4.78, 5) is 16.6. The van der Waals surface area contributed by atoms with Crippen LogP contribution in [0.25, 0.3) is 0 Å². The van der Waals surface area contributed by atoms with Gasteiger partial charge in [0.2, 0.25) is 0 Å². The van der Waals surface area contributed by atoms with Crippen LogP contribution < -0.4 is 15.4 Å². The first-order valence-corrected chi connectivity index (χ1v) is 8.84. The van der Waals surface area contributed by atoms with Crippen LogP contribution in [0.15, 0.2) is 66.9 Å². The third-order valence-electron chi connectivity index (χ3n) is 4.22. The highest BCUT2D eigenvalue weighted by atomic mass is 16.5. The molecule has 0 saturated carbocycles. The van der Waals surface area contributed by atoms with Crippen molar-refractivity contribution in [2.24, 2.45) is 0 Å². The molecule has 0 radical (unpaired) electrons. The Kier molecular flexibility index (Phi) is 5.71. The minimum atomic E-state index is -0.212. The van der Waals surface area contributed by atoms with E-state index in [-0.39, 0.29) is 5.91 Å². The van der Waals surface area contributed by atoms with E-state index in [1.54, 1.807) is 43.6 Å². The van der Waals surface area contributed by atoms with E-state index in [0.29, 0.717) is 23.0 Å². The molecule has 2 aromatic carbocycles. The number of ether oxygens (including phenoxy) is 1. The van der Waals surface area contributed by atoms with Gasteiger partial charge in [0.15, 0.2) is 0 Å². The van der Waals surface area contributed by atoms with Gasteiger partial charge in [0.05, 0.1) is 19.0 Å². The molecule has 0 aliphatic carbocycles. The van der Waals surface area contributed by atoms with E-state index in [1.165, 1.54) is 5.56 Å². The molecule has 0 spiro atoms. The number of amides is 1. The number of hydrogen-bond acceptors (Lipinski definition) is 4. The van der Waals surface area contributed by atoms with E-state index in [9.17, 15) is 4.79 Å². The minimum Gasteiger partial charge on any atom is -0.497 e. The Balaban J connectivity index is 1.67. The quantitative estimate of drug-likeness (QED) is 0.633. The van der Waals surface area contributed by atoms with Gasteiger partial charge in [0.25, 0.3) is 5.91 Å².